The molecule has 0 fully saturated rings. The lowest BCUT2D eigenvalue weighted by Gasteiger charge is -2.23. The number of para-hydroxylation sites is 1. The van der Waals surface area contributed by atoms with Crippen molar-refractivity contribution in [1.29, 1.82) is 0 Å². The van der Waals surface area contributed by atoms with Crippen LogP contribution < -0.4 is 10.1 Å². The lowest BCUT2D eigenvalue weighted by molar-refractivity contribution is -0.121. The van der Waals surface area contributed by atoms with Gasteiger partial charge < -0.3 is 15.2 Å². The molecule has 0 aliphatic rings. The van der Waals surface area contributed by atoms with Crippen molar-refractivity contribution >= 4 is 16.8 Å². The maximum atomic E-state index is 12.5. The van der Waals surface area contributed by atoms with Crippen LogP contribution in [0.1, 0.15) is 43.4 Å². The second-order valence-electron chi connectivity index (χ2n) is 6.42. The van der Waals surface area contributed by atoms with E-state index in [4.69, 9.17) is 4.74 Å². The highest BCUT2D eigenvalue weighted by atomic mass is 16.5. The van der Waals surface area contributed by atoms with Gasteiger partial charge in [-0.3, -0.25) is 9.78 Å². The molecule has 0 aliphatic carbocycles. The zero-order chi connectivity index (χ0) is 19.2. The predicted octanol–water partition coefficient (Wildman–Crippen LogP) is 4.34. The lowest BCUT2D eigenvalue weighted by atomic mass is 9.95. The Morgan fingerprint density at radius 3 is 2.74 bits per heavy atom. The van der Waals surface area contributed by atoms with Crippen LogP contribution in [-0.2, 0) is 4.79 Å². The lowest BCUT2D eigenvalue weighted by Crippen LogP contribution is -2.29. The van der Waals surface area contributed by atoms with Gasteiger partial charge >= 0.3 is 0 Å². The molecule has 5 nitrogen and oxygen atoms in total. The Kier molecular flexibility index (Phi) is 5.91. The molecule has 0 spiro atoms. The molecule has 0 aliphatic heterocycles. The third-order valence-electron chi connectivity index (χ3n) is 4.60. The van der Waals surface area contributed by atoms with E-state index in [1.165, 1.54) is 0 Å². The summed E-state index contributed by atoms with van der Waals surface area (Å²) in [6.07, 6.45) is 3.84. The number of hydrogen-bond donors (Lipinski definition) is 2. The highest BCUT2D eigenvalue weighted by Gasteiger charge is 2.24. The van der Waals surface area contributed by atoms with Crippen LogP contribution in [0, 0.1) is 0 Å². The molecule has 3 aromatic rings. The number of unbranched alkanes of at least 4 members (excludes halogenated alkanes) is 1. The van der Waals surface area contributed by atoms with Crippen molar-refractivity contribution in [3.63, 3.8) is 0 Å². The number of nitrogens with zero attached hydrogens (tertiary/aromatic N) is 1. The van der Waals surface area contributed by atoms with Crippen LogP contribution in [0.4, 0.5) is 0 Å². The average molecular weight is 364 g/mol. The molecule has 1 atom stereocenters. The summed E-state index contributed by atoms with van der Waals surface area (Å²) in [5.41, 5.74) is 1.89. The summed E-state index contributed by atoms with van der Waals surface area (Å²) in [5.74, 6) is 0.659. The van der Waals surface area contributed by atoms with Crippen LogP contribution in [0.5, 0.6) is 11.5 Å². The Labute approximate surface area is 159 Å². The fraction of sp³-hybridized carbons (Fsp3) is 0.273. The highest BCUT2D eigenvalue weighted by molar-refractivity contribution is 5.86. The van der Waals surface area contributed by atoms with Crippen LogP contribution in [-0.4, -0.2) is 23.1 Å². The molecule has 0 radical (unpaired) electrons. The van der Waals surface area contributed by atoms with E-state index in [2.05, 4.69) is 10.3 Å². The van der Waals surface area contributed by atoms with Crippen LogP contribution >= 0.6 is 0 Å². The van der Waals surface area contributed by atoms with E-state index in [9.17, 15) is 9.90 Å². The van der Waals surface area contributed by atoms with Gasteiger partial charge in [0.15, 0.2) is 0 Å². The zero-order valence-electron chi connectivity index (χ0n) is 15.6. The number of phenolic OH excluding ortho intramolecular Hbond substituents is 1. The molecule has 1 heterocycles. The molecule has 5 heteroatoms. The second kappa shape index (κ2) is 8.54. The SMILES string of the molecule is CCCCC(=O)N[C@H](c1ccccc1OC)c1ccc2cccnc2c1O. The summed E-state index contributed by atoms with van der Waals surface area (Å²) >= 11 is 0. The summed E-state index contributed by atoms with van der Waals surface area (Å²) in [4.78, 5) is 16.8. The number of hydrogen-bond acceptors (Lipinski definition) is 4. The van der Waals surface area contributed by atoms with Gasteiger partial charge in [0.05, 0.1) is 13.2 Å². The number of aromatic nitrogens is 1. The molecule has 0 saturated heterocycles. The van der Waals surface area contributed by atoms with Crippen molar-refractivity contribution in [3.8, 4) is 11.5 Å². The second-order valence-corrected chi connectivity index (χ2v) is 6.42. The fourth-order valence-electron chi connectivity index (χ4n) is 3.18. The van der Waals surface area contributed by atoms with Gasteiger partial charge in [-0.15, -0.1) is 0 Å². The predicted molar refractivity (Wildman–Crippen MR) is 106 cm³/mol. The molecule has 1 amide bonds. The molecule has 0 unspecified atom stereocenters. The zero-order valence-corrected chi connectivity index (χ0v) is 15.6. The summed E-state index contributed by atoms with van der Waals surface area (Å²) < 4.78 is 5.49. The molecular weight excluding hydrogens is 340 g/mol. The van der Waals surface area contributed by atoms with E-state index < -0.39 is 6.04 Å². The van der Waals surface area contributed by atoms with Gasteiger partial charge in [0, 0.05) is 29.1 Å². The first-order valence-corrected chi connectivity index (χ1v) is 9.14. The number of carbonyl (C=O) groups excluding carboxylic acids is 1. The van der Waals surface area contributed by atoms with E-state index in [1.54, 1.807) is 13.3 Å². The van der Waals surface area contributed by atoms with Crippen LogP contribution in [0.15, 0.2) is 54.7 Å². The van der Waals surface area contributed by atoms with Gasteiger partial charge in [-0.25, -0.2) is 0 Å². The number of methoxy groups -OCH3 is 1. The first-order valence-electron chi connectivity index (χ1n) is 9.14. The average Bonchev–Trinajstić information content (AvgIpc) is 2.71. The first-order chi connectivity index (χ1) is 13.2. The van der Waals surface area contributed by atoms with Crippen LogP contribution in [0.25, 0.3) is 10.9 Å². The monoisotopic (exact) mass is 364 g/mol. The van der Waals surface area contributed by atoms with Gasteiger partial charge in [0.2, 0.25) is 5.91 Å². The molecular formula is C22H24N2O3. The van der Waals surface area contributed by atoms with E-state index in [0.29, 0.717) is 23.3 Å². The minimum Gasteiger partial charge on any atom is -0.505 e. The largest absolute Gasteiger partial charge is 0.505 e. The van der Waals surface area contributed by atoms with Gasteiger partial charge in [-0.2, -0.15) is 0 Å². The molecule has 0 saturated carbocycles. The van der Waals surface area contributed by atoms with Gasteiger partial charge in [0.1, 0.15) is 17.0 Å². The Balaban J connectivity index is 2.09. The number of carbonyl (C=O) groups is 1. The van der Waals surface area contributed by atoms with Crippen molar-refractivity contribution in [3.05, 3.63) is 65.9 Å². The number of nitrogens with one attached hydrogen (secondary N) is 1. The minimum absolute atomic E-state index is 0.0618. The highest BCUT2D eigenvalue weighted by Crippen LogP contribution is 2.37. The molecule has 27 heavy (non-hydrogen) atoms. The van der Waals surface area contributed by atoms with E-state index in [0.717, 1.165) is 23.8 Å². The van der Waals surface area contributed by atoms with Crippen molar-refractivity contribution in [2.75, 3.05) is 7.11 Å². The Morgan fingerprint density at radius 2 is 1.96 bits per heavy atom. The van der Waals surface area contributed by atoms with E-state index in [-0.39, 0.29) is 11.7 Å². The normalized spacial score (nSPS) is 11.9. The quantitative estimate of drug-likeness (QED) is 0.654. The van der Waals surface area contributed by atoms with E-state index >= 15 is 0 Å². The number of amides is 1. The molecule has 3 rings (SSSR count). The van der Waals surface area contributed by atoms with Crippen molar-refractivity contribution in [1.82, 2.24) is 10.3 Å². The number of rotatable bonds is 7. The Morgan fingerprint density at radius 1 is 1.15 bits per heavy atom. The first kappa shape index (κ1) is 18.7. The smallest absolute Gasteiger partial charge is 0.220 e. The summed E-state index contributed by atoms with van der Waals surface area (Å²) in [5, 5.41) is 14.8. The van der Waals surface area contributed by atoms with E-state index in [1.807, 2.05) is 55.5 Å². The molecule has 1 aromatic heterocycles. The number of phenols is 1. The summed E-state index contributed by atoms with van der Waals surface area (Å²) in [6.45, 7) is 2.05. The van der Waals surface area contributed by atoms with Crippen LogP contribution in [0.3, 0.4) is 0 Å². The summed E-state index contributed by atoms with van der Waals surface area (Å²) in [7, 11) is 1.59. The summed E-state index contributed by atoms with van der Waals surface area (Å²) in [6, 6.07) is 14.4. The number of fused-ring (bicyclic) bond motifs is 1. The van der Waals surface area contributed by atoms with Gasteiger partial charge in [-0.1, -0.05) is 49.7 Å². The maximum Gasteiger partial charge on any atom is 0.220 e. The maximum absolute atomic E-state index is 12.5. The van der Waals surface area contributed by atoms with Crippen molar-refractivity contribution in [2.24, 2.45) is 0 Å². The van der Waals surface area contributed by atoms with Crippen LogP contribution in [0.2, 0.25) is 0 Å². The molecule has 0 bridgehead atoms. The topological polar surface area (TPSA) is 71.5 Å². The number of ether oxygens (including phenoxy) is 1. The van der Waals surface area contributed by atoms with Gasteiger partial charge in [0.25, 0.3) is 0 Å². The molecule has 2 aromatic carbocycles. The van der Waals surface area contributed by atoms with Gasteiger partial charge in [-0.05, 0) is 18.6 Å². The third kappa shape index (κ3) is 4.03. The number of aromatic hydroxyl groups is 1. The van der Waals surface area contributed by atoms with Crippen molar-refractivity contribution in [2.45, 2.75) is 32.2 Å². The third-order valence-corrected chi connectivity index (χ3v) is 4.60. The molecule has 140 valence electrons. The number of benzene rings is 2. The number of pyridine rings is 1. The van der Waals surface area contributed by atoms with Crippen molar-refractivity contribution < 1.29 is 14.6 Å². The molecule has 2 N–H and O–H groups in total. The standard InChI is InChI=1S/C22H24N2O3/c1-3-4-11-19(25)24-21(16-9-5-6-10-18(16)27-2)17-13-12-15-8-7-14-23-20(15)22(17)26/h5-10,12-14,21,26H,3-4,11H2,1-2H3,(H,24,25)/t21-/m1/s1. The fourth-order valence-corrected chi connectivity index (χ4v) is 3.18. The Bertz CT molecular complexity index is 940. The Hall–Kier alpha value is -3.08. The minimum atomic E-state index is -0.531.